The Bertz CT molecular complexity index is 1020. The topological polar surface area (TPSA) is 60.2 Å². The van der Waals surface area contributed by atoms with Crippen LogP contribution in [-0.2, 0) is 13.2 Å². The lowest BCUT2D eigenvalue weighted by molar-refractivity contribution is -0.137. The number of aryl methyl sites for hydroxylation is 1. The maximum absolute atomic E-state index is 12.9. The summed E-state index contributed by atoms with van der Waals surface area (Å²) in [5.41, 5.74) is 0.363. The third kappa shape index (κ3) is 4.12. The second kappa shape index (κ2) is 7.51. The summed E-state index contributed by atoms with van der Waals surface area (Å²) in [4.78, 5) is 19.3. The van der Waals surface area contributed by atoms with E-state index in [9.17, 15) is 18.0 Å². The van der Waals surface area contributed by atoms with Crippen LogP contribution in [0.5, 0.6) is 5.88 Å². The fourth-order valence-corrected chi connectivity index (χ4v) is 3.89. The molecular weight excluding hydrogens is 405 g/mol. The van der Waals surface area contributed by atoms with Gasteiger partial charge in [-0.05, 0) is 23.6 Å². The first-order valence-electron chi connectivity index (χ1n) is 8.88. The first kappa shape index (κ1) is 19.4. The number of nitrogens with zero attached hydrogens (tertiary/aromatic N) is 4. The predicted octanol–water partition coefficient (Wildman–Crippen LogP) is 3.86. The number of hydrogen-bond donors (Lipinski definition) is 0. The summed E-state index contributed by atoms with van der Waals surface area (Å²) in [5, 5.41) is 6.34. The third-order valence-corrected chi connectivity index (χ3v) is 5.55. The van der Waals surface area contributed by atoms with Gasteiger partial charge in [-0.25, -0.2) is 4.98 Å². The Kier molecular flexibility index (Phi) is 5.03. The zero-order valence-corrected chi connectivity index (χ0v) is 16.2. The molecule has 0 aliphatic carbocycles. The molecule has 1 aliphatic heterocycles. The minimum absolute atomic E-state index is 0.0976. The number of rotatable bonds is 4. The fourth-order valence-electron chi connectivity index (χ4n) is 3.20. The van der Waals surface area contributed by atoms with Gasteiger partial charge >= 0.3 is 6.18 Å². The van der Waals surface area contributed by atoms with Crippen LogP contribution in [0.1, 0.15) is 22.5 Å². The molecule has 1 amide bonds. The fraction of sp³-hybridized carbons (Fsp3) is 0.316. The number of aromatic nitrogens is 3. The summed E-state index contributed by atoms with van der Waals surface area (Å²) >= 11 is 1.54. The zero-order valence-electron chi connectivity index (χ0n) is 15.4. The van der Waals surface area contributed by atoms with Gasteiger partial charge in [-0.1, -0.05) is 6.07 Å². The van der Waals surface area contributed by atoms with Crippen molar-refractivity contribution in [3.05, 3.63) is 53.2 Å². The molecule has 1 aliphatic rings. The largest absolute Gasteiger partial charge is 0.472 e. The number of alkyl halides is 3. The van der Waals surface area contributed by atoms with Gasteiger partial charge in [0, 0.05) is 32.3 Å². The Labute approximate surface area is 168 Å². The number of halogens is 3. The summed E-state index contributed by atoms with van der Waals surface area (Å²) < 4.78 is 45.6. The van der Waals surface area contributed by atoms with E-state index in [-0.39, 0.29) is 18.3 Å². The van der Waals surface area contributed by atoms with Crippen LogP contribution in [0.25, 0.3) is 10.6 Å². The van der Waals surface area contributed by atoms with E-state index in [2.05, 4.69) is 10.1 Å². The second-order valence-corrected chi connectivity index (χ2v) is 7.62. The van der Waals surface area contributed by atoms with Crippen LogP contribution in [0.3, 0.4) is 0 Å². The molecule has 1 saturated heterocycles. The summed E-state index contributed by atoms with van der Waals surface area (Å²) in [6, 6.07) is 7.37. The molecule has 1 fully saturated rings. The van der Waals surface area contributed by atoms with Crippen molar-refractivity contribution in [2.75, 3.05) is 13.1 Å². The highest BCUT2D eigenvalue weighted by Crippen LogP contribution is 2.31. The Hall–Kier alpha value is -2.88. The van der Waals surface area contributed by atoms with Crippen molar-refractivity contribution in [3.8, 4) is 16.5 Å². The van der Waals surface area contributed by atoms with Crippen LogP contribution in [0.4, 0.5) is 13.2 Å². The number of hydrogen-bond acceptors (Lipinski definition) is 5. The number of ether oxygens (including phenoxy) is 1. The van der Waals surface area contributed by atoms with Crippen LogP contribution < -0.4 is 4.74 Å². The monoisotopic (exact) mass is 422 g/mol. The molecule has 1 unspecified atom stereocenters. The lowest BCUT2D eigenvalue weighted by Crippen LogP contribution is -2.32. The molecule has 0 spiro atoms. The van der Waals surface area contributed by atoms with Crippen LogP contribution in [0, 0.1) is 0 Å². The van der Waals surface area contributed by atoms with E-state index >= 15 is 0 Å². The minimum atomic E-state index is -4.46. The van der Waals surface area contributed by atoms with Crippen LogP contribution in [0.2, 0.25) is 0 Å². The molecule has 3 aromatic rings. The number of pyridine rings is 1. The number of carbonyl (C=O) groups is 1. The first-order chi connectivity index (χ1) is 13.8. The standard InChI is InChI=1S/C19H17F3N4O2S/c1-25-15(10-14(24-25)16-3-2-8-29-16)18(27)26-7-5-13(11-26)28-17-9-12(4-6-23-17)19(20,21)22/h2-4,6,8-10,13H,5,7,11H2,1H3. The number of likely N-dealkylation sites (tertiary alicyclic amines) is 1. The van der Waals surface area contributed by atoms with Crippen LogP contribution in [0.15, 0.2) is 41.9 Å². The lowest BCUT2D eigenvalue weighted by atomic mass is 10.2. The lowest BCUT2D eigenvalue weighted by Gasteiger charge is -2.17. The average Bonchev–Trinajstić information content (AvgIpc) is 3.41. The molecule has 10 heteroatoms. The summed E-state index contributed by atoms with van der Waals surface area (Å²) in [6.45, 7) is 0.720. The Morgan fingerprint density at radius 1 is 1.31 bits per heavy atom. The van der Waals surface area contributed by atoms with Crippen molar-refractivity contribution in [1.29, 1.82) is 0 Å². The Balaban J connectivity index is 1.43. The van der Waals surface area contributed by atoms with E-state index in [1.54, 1.807) is 22.7 Å². The van der Waals surface area contributed by atoms with Gasteiger partial charge in [-0.15, -0.1) is 11.3 Å². The van der Waals surface area contributed by atoms with Gasteiger partial charge in [0.1, 0.15) is 17.5 Å². The molecule has 0 bridgehead atoms. The maximum Gasteiger partial charge on any atom is 0.416 e. The molecule has 6 nitrogen and oxygen atoms in total. The quantitative estimate of drug-likeness (QED) is 0.641. The molecule has 4 rings (SSSR count). The van der Waals surface area contributed by atoms with Gasteiger partial charge in [0.2, 0.25) is 5.88 Å². The summed E-state index contributed by atoms with van der Waals surface area (Å²) in [6.07, 6.45) is -3.30. The van der Waals surface area contributed by atoms with E-state index in [1.165, 1.54) is 11.3 Å². The molecular formula is C19H17F3N4O2S. The average molecular weight is 422 g/mol. The van der Waals surface area contributed by atoms with Crippen molar-refractivity contribution < 1.29 is 22.7 Å². The van der Waals surface area contributed by atoms with Crippen molar-refractivity contribution in [3.63, 3.8) is 0 Å². The van der Waals surface area contributed by atoms with Crippen molar-refractivity contribution in [1.82, 2.24) is 19.7 Å². The van der Waals surface area contributed by atoms with E-state index < -0.39 is 17.8 Å². The van der Waals surface area contributed by atoms with Gasteiger partial charge in [-0.2, -0.15) is 18.3 Å². The normalized spacial score (nSPS) is 17.0. The van der Waals surface area contributed by atoms with E-state index in [0.29, 0.717) is 18.7 Å². The highest BCUT2D eigenvalue weighted by Gasteiger charge is 2.33. The van der Waals surface area contributed by atoms with E-state index in [1.807, 2.05) is 17.5 Å². The minimum Gasteiger partial charge on any atom is -0.472 e. The van der Waals surface area contributed by atoms with Crippen LogP contribution in [-0.4, -0.2) is 44.8 Å². The Morgan fingerprint density at radius 2 is 2.14 bits per heavy atom. The van der Waals surface area contributed by atoms with Gasteiger partial charge in [-0.3, -0.25) is 9.48 Å². The van der Waals surface area contributed by atoms with Gasteiger partial charge in [0.15, 0.2) is 0 Å². The molecule has 1 atom stereocenters. The molecule has 0 radical (unpaired) electrons. The number of carbonyl (C=O) groups excluding carboxylic acids is 1. The molecule has 3 aromatic heterocycles. The SMILES string of the molecule is Cn1nc(-c2cccs2)cc1C(=O)N1CCC(Oc2cc(C(F)(F)F)ccn2)C1. The Morgan fingerprint density at radius 3 is 2.86 bits per heavy atom. The first-order valence-corrected chi connectivity index (χ1v) is 9.76. The van der Waals surface area contributed by atoms with Gasteiger partial charge < -0.3 is 9.64 Å². The molecule has 0 aromatic carbocycles. The van der Waals surface area contributed by atoms with Gasteiger partial charge in [0.05, 0.1) is 17.0 Å². The highest BCUT2D eigenvalue weighted by atomic mass is 32.1. The zero-order chi connectivity index (χ0) is 20.6. The van der Waals surface area contributed by atoms with Crippen molar-refractivity contribution in [2.24, 2.45) is 7.05 Å². The second-order valence-electron chi connectivity index (χ2n) is 6.68. The summed E-state index contributed by atoms with van der Waals surface area (Å²) in [5.74, 6) is -0.287. The summed E-state index contributed by atoms with van der Waals surface area (Å²) in [7, 11) is 1.71. The molecule has 0 N–H and O–H groups in total. The van der Waals surface area contributed by atoms with Crippen molar-refractivity contribution >= 4 is 17.2 Å². The smallest absolute Gasteiger partial charge is 0.416 e. The maximum atomic E-state index is 12.9. The number of amides is 1. The van der Waals surface area contributed by atoms with Crippen molar-refractivity contribution in [2.45, 2.75) is 18.7 Å². The molecule has 4 heterocycles. The van der Waals surface area contributed by atoms with E-state index in [0.717, 1.165) is 28.9 Å². The number of thiophene rings is 1. The molecule has 152 valence electrons. The highest BCUT2D eigenvalue weighted by molar-refractivity contribution is 7.13. The van der Waals surface area contributed by atoms with E-state index in [4.69, 9.17) is 4.74 Å². The molecule has 29 heavy (non-hydrogen) atoms. The van der Waals surface area contributed by atoms with Gasteiger partial charge in [0.25, 0.3) is 5.91 Å². The predicted molar refractivity (Wildman–Crippen MR) is 101 cm³/mol. The third-order valence-electron chi connectivity index (χ3n) is 4.65. The molecule has 0 saturated carbocycles. The van der Waals surface area contributed by atoms with Crippen LogP contribution >= 0.6 is 11.3 Å².